The quantitative estimate of drug-likeness (QED) is 0.775. The number of ether oxygens (including phenoxy) is 1. The Bertz CT molecular complexity index is 380. The average Bonchev–Trinajstić information content (AvgIpc) is 2.37. The van der Waals surface area contributed by atoms with Crippen LogP contribution in [0.15, 0.2) is 24.3 Å². The number of hydrogen-bond donors (Lipinski definition) is 2. The van der Waals surface area contributed by atoms with Crippen LogP contribution < -0.4 is 15.8 Å². The molecule has 0 aliphatic heterocycles. The SMILES string of the molecule is CCOc1ccccc1C(=O)NCC(C)CCN. The Morgan fingerprint density at radius 1 is 1.44 bits per heavy atom. The molecule has 0 spiro atoms. The van der Waals surface area contributed by atoms with E-state index in [0.29, 0.717) is 36.9 Å². The van der Waals surface area contributed by atoms with Gasteiger partial charge in [0.05, 0.1) is 12.2 Å². The van der Waals surface area contributed by atoms with E-state index in [4.69, 9.17) is 10.5 Å². The standard InChI is InChI=1S/C14H22N2O2/c1-3-18-13-7-5-4-6-12(13)14(17)16-10-11(2)8-9-15/h4-7,11H,3,8-10,15H2,1-2H3,(H,16,17). The maximum Gasteiger partial charge on any atom is 0.255 e. The van der Waals surface area contributed by atoms with Gasteiger partial charge in [0, 0.05) is 6.54 Å². The predicted molar refractivity (Wildman–Crippen MR) is 72.8 cm³/mol. The van der Waals surface area contributed by atoms with E-state index in [1.807, 2.05) is 25.1 Å². The number of hydrogen-bond acceptors (Lipinski definition) is 3. The summed E-state index contributed by atoms with van der Waals surface area (Å²) < 4.78 is 5.43. The molecule has 1 aromatic carbocycles. The van der Waals surface area contributed by atoms with Crippen molar-refractivity contribution in [3.05, 3.63) is 29.8 Å². The van der Waals surface area contributed by atoms with Gasteiger partial charge in [-0.3, -0.25) is 4.79 Å². The van der Waals surface area contributed by atoms with Crippen molar-refractivity contribution in [1.29, 1.82) is 0 Å². The van der Waals surface area contributed by atoms with Gasteiger partial charge in [-0.25, -0.2) is 0 Å². The Hall–Kier alpha value is -1.55. The number of rotatable bonds is 7. The molecule has 1 aromatic rings. The van der Waals surface area contributed by atoms with Crippen molar-refractivity contribution in [3.63, 3.8) is 0 Å². The van der Waals surface area contributed by atoms with Crippen LogP contribution in [0.5, 0.6) is 5.75 Å². The van der Waals surface area contributed by atoms with Crippen LogP contribution in [-0.2, 0) is 0 Å². The summed E-state index contributed by atoms with van der Waals surface area (Å²) in [4.78, 5) is 12.0. The van der Waals surface area contributed by atoms with Crippen molar-refractivity contribution in [2.75, 3.05) is 19.7 Å². The van der Waals surface area contributed by atoms with Gasteiger partial charge in [0.2, 0.25) is 0 Å². The van der Waals surface area contributed by atoms with Crippen LogP contribution in [0.4, 0.5) is 0 Å². The lowest BCUT2D eigenvalue weighted by Gasteiger charge is -2.13. The molecule has 1 amide bonds. The third-order valence-corrected chi connectivity index (χ3v) is 2.70. The van der Waals surface area contributed by atoms with E-state index in [1.165, 1.54) is 0 Å². The summed E-state index contributed by atoms with van der Waals surface area (Å²) in [6.45, 7) is 5.80. The zero-order valence-electron chi connectivity index (χ0n) is 11.1. The fraction of sp³-hybridized carbons (Fsp3) is 0.500. The molecule has 0 aromatic heterocycles. The molecule has 4 nitrogen and oxygen atoms in total. The molecular weight excluding hydrogens is 228 g/mol. The van der Waals surface area contributed by atoms with Crippen molar-refractivity contribution in [1.82, 2.24) is 5.32 Å². The minimum absolute atomic E-state index is 0.0945. The third-order valence-electron chi connectivity index (χ3n) is 2.70. The van der Waals surface area contributed by atoms with Crippen molar-refractivity contribution in [3.8, 4) is 5.75 Å². The molecule has 0 fully saturated rings. The van der Waals surface area contributed by atoms with E-state index in [1.54, 1.807) is 6.07 Å². The van der Waals surface area contributed by atoms with Gasteiger partial charge in [0.15, 0.2) is 0 Å². The van der Waals surface area contributed by atoms with Crippen LogP contribution >= 0.6 is 0 Å². The first kappa shape index (κ1) is 14.5. The van der Waals surface area contributed by atoms with Gasteiger partial charge in [-0.1, -0.05) is 19.1 Å². The highest BCUT2D eigenvalue weighted by molar-refractivity contribution is 5.96. The Labute approximate surface area is 109 Å². The minimum Gasteiger partial charge on any atom is -0.493 e. The molecule has 3 N–H and O–H groups in total. The highest BCUT2D eigenvalue weighted by Crippen LogP contribution is 2.17. The maximum absolute atomic E-state index is 12.0. The lowest BCUT2D eigenvalue weighted by molar-refractivity contribution is 0.0944. The molecule has 1 atom stereocenters. The highest BCUT2D eigenvalue weighted by Gasteiger charge is 2.12. The molecule has 18 heavy (non-hydrogen) atoms. The van der Waals surface area contributed by atoms with E-state index >= 15 is 0 Å². The van der Waals surface area contributed by atoms with Gasteiger partial charge < -0.3 is 15.8 Å². The summed E-state index contributed by atoms with van der Waals surface area (Å²) in [5, 5.41) is 2.91. The fourth-order valence-electron chi connectivity index (χ4n) is 1.68. The summed E-state index contributed by atoms with van der Waals surface area (Å²) in [6, 6.07) is 7.27. The van der Waals surface area contributed by atoms with Gasteiger partial charge in [0.1, 0.15) is 5.75 Å². The van der Waals surface area contributed by atoms with Crippen LogP contribution in [0.2, 0.25) is 0 Å². The summed E-state index contributed by atoms with van der Waals surface area (Å²) in [7, 11) is 0. The first-order valence-corrected chi connectivity index (χ1v) is 6.39. The first-order valence-electron chi connectivity index (χ1n) is 6.39. The molecule has 0 bridgehead atoms. The number of nitrogens with two attached hydrogens (primary N) is 1. The van der Waals surface area contributed by atoms with Crippen LogP contribution in [0.25, 0.3) is 0 Å². The molecule has 100 valence electrons. The van der Waals surface area contributed by atoms with E-state index in [0.717, 1.165) is 6.42 Å². The average molecular weight is 250 g/mol. The van der Waals surface area contributed by atoms with Crippen LogP contribution in [0.1, 0.15) is 30.6 Å². The molecular formula is C14H22N2O2. The molecule has 0 aliphatic rings. The smallest absolute Gasteiger partial charge is 0.255 e. The second kappa shape index (κ2) is 7.71. The number of amides is 1. The number of carbonyl (C=O) groups excluding carboxylic acids is 1. The van der Waals surface area contributed by atoms with E-state index in [-0.39, 0.29) is 5.91 Å². The Kier molecular flexibility index (Phi) is 6.22. The molecule has 0 saturated heterocycles. The topological polar surface area (TPSA) is 64.3 Å². The van der Waals surface area contributed by atoms with Gasteiger partial charge in [-0.05, 0) is 37.9 Å². The Balaban J connectivity index is 2.60. The van der Waals surface area contributed by atoms with Gasteiger partial charge >= 0.3 is 0 Å². The minimum atomic E-state index is -0.0945. The summed E-state index contributed by atoms with van der Waals surface area (Å²) >= 11 is 0. The predicted octanol–water partition coefficient (Wildman–Crippen LogP) is 1.80. The third kappa shape index (κ3) is 4.37. The van der Waals surface area contributed by atoms with Gasteiger partial charge in [-0.15, -0.1) is 0 Å². The van der Waals surface area contributed by atoms with E-state index < -0.39 is 0 Å². The van der Waals surface area contributed by atoms with Crippen molar-refractivity contribution >= 4 is 5.91 Å². The zero-order chi connectivity index (χ0) is 13.4. The molecule has 0 saturated carbocycles. The summed E-state index contributed by atoms with van der Waals surface area (Å²) in [5.74, 6) is 0.921. The van der Waals surface area contributed by atoms with Crippen molar-refractivity contribution in [2.45, 2.75) is 20.3 Å². The number of para-hydroxylation sites is 1. The van der Waals surface area contributed by atoms with Crippen LogP contribution in [-0.4, -0.2) is 25.6 Å². The second-order valence-corrected chi connectivity index (χ2v) is 4.32. The normalized spacial score (nSPS) is 11.9. The van der Waals surface area contributed by atoms with Crippen LogP contribution in [0.3, 0.4) is 0 Å². The van der Waals surface area contributed by atoms with Gasteiger partial charge in [0.25, 0.3) is 5.91 Å². The van der Waals surface area contributed by atoms with E-state index in [9.17, 15) is 4.79 Å². The Morgan fingerprint density at radius 2 is 2.17 bits per heavy atom. The second-order valence-electron chi connectivity index (χ2n) is 4.32. The number of nitrogens with one attached hydrogen (secondary N) is 1. The highest BCUT2D eigenvalue weighted by atomic mass is 16.5. The first-order chi connectivity index (χ1) is 8.69. The van der Waals surface area contributed by atoms with Crippen LogP contribution in [0, 0.1) is 5.92 Å². The lowest BCUT2D eigenvalue weighted by atomic mass is 10.1. The maximum atomic E-state index is 12.0. The molecule has 0 aliphatic carbocycles. The number of benzene rings is 1. The fourth-order valence-corrected chi connectivity index (χ4v) is 1.68. The molecule has 0 radical (unpaired) electrons. The molecule has 1 rings (SSSR count). The van der Waals surface area contributed by atoms with Gasteiger partial charge in [-0.2, -0.15) is 0 Å². The molecule has 1 unspecified atom stereocenters. The lowest BCUT2D eigenvalue weighted by Crippen LogP contribution is -2.29. The monoisotopic (exact) mass is 250 g/mol. The largest absolute Gasteiger partial charge is 0.493 e. The number of carbonyl (C=O) groups is 1. The van der Waals surface area contributed by atoms with Crippen molar-refractivity contribution in [2.24, 2.45) is 11.7 Å². The summed E-state index contributed by atoms with van der Waals surface area (Å²) in [6.07, 6.45) is 0.910. The Morgan fingerprint density at radius 3 is 2.83 bits per heavy atom. The van der Waals surface area contributed by atoms with Crippen molar-refractivity contribution < 1.29 is 9.53 Å². The summed E-state index contributed by atoms with van der Waals surface area (Å²) in [5.41, 5.74) is 6.06. The molecule has 4 heteroatoms. The molecule has 0 heterocycles. The van der Waals surface area contributed by atoms with E-state index in [2.05, 4.69) is 12.2 Å². The zero-order valence-corrected chi connectivity index (χ0v) is 11.1.